The quantitative estimate of drug-likeness (QED) is 0.865. The second kappa shape index (κ2) is 4.74. The van der Waals surface area contributed by atoms with Crippen molar-refractivity contribution in [3.63, 3.8) is 0 Å². The van der Waals surface area contributed by atoms with Crippen LogP contribution in [0.1, 0.15) is 12.0 Å². The molecular formula is C12H12ClN3O. The third-order valence-electron chi connectivity index (χ3n) is 2.92. The van der Waals surface area contributed by atoms with E-state index in [-0.39, 0.29) is 11.9 Å². The molecule has 0 radical (unpaired) electrons. The number of amides is 1. The molecule has 1 aromatic rings. The lowest BCUT2D eigenvalue weighted by Crippen LogP contribution is -2.36. The number of carbonyl (C=O) groups is 1. The van der Waals surface area contributed by atoms with E-state index in [0.29, 0.717) is 22.8 Å². The summed E-state index contributed by atoms with van der Waals surface area (Å²) in [6, 6.07) is 6.85. The number of benzene rings is 1. The second-order valence-electron chi connectivity index (χ2n) is 3.90. The maximum absolute atomic E-state index is 12.0. The van der Waals surface area contributed by atoms with Gasteiger partial charge < -0.3 is 10.2 Å². The Bertz CT molecular complexity index is 495. The molecule has 0 saturated carbocycles. The van der Waals surface area contributed by atoms with Crippen LogP contribution < -0.4 is 10.2 Å². The van der Waals surface area contributed by atoms with E-state index in [4.69, 9.17) is 16.9 Å². The average molecular weight is 250 g/mol. The van der Waals surface area contributed by atoms with Crippen molar-refractivity contribution in [1.82, 2.24) is 5.32 Å². The van der Waals surface area contributed by atoms with E-state index in [1.165, 1.54) is 0 Å². The highest BCUT2D eigenvalue weighted by molar-refractivity contribution is 6.34. The van der Waals surface area contributed by atoms with E-state index in [9.17, 15) is 4.79 Å². The van der Waals surface area contributed by atoms with Gasteiger partial charge in [-0.25, -0.2) is 0 Å². The number of anilines is 1. The molecule has 88 valence electrons. The maximum atomic E-state index is 12.0. The van der Waals surface area contributed by atoms with E-state index in [2.05, 4.69) is 5.32 Å². The summed E-state index contributed by atoms with van der Waals surface area (Å²) in [5, 5.41) is 12.2. The number of hydrogen-bond donors (Lipinski definition) is 1. The molecule has 1 N–H and O–H groups in total. The Hall–Kier alpha value is -1.57. The summed E-state index contributed by atoms with van der Waals surface area (Å²) >= 11 is 6.08. The molecule has 1 saturated heterocycles. The van der Waals surface area contributed by atoms with Crippen molar-refractivity contribution < 1.29 is 4.79 Å². The molecule has 1 unspecified atom stereocenters. The molecule has 1 aliphatic heterocycles. The summed E-state index contributed by atoms with van der Waals surface area (Å²) in [5.41, 5.74) is 1.17. The minimum Gasteiger partial charge on any atom is -0.310 e. The molecule has 1 amide bonds. The van der Waals surface area contributed by atoms with Crippen molar-refractivity contribution in [2.24, 2.45) is 0 Å². The predicted octanol–water partition coefficient (Wildman–Crippen LogP) is 1.54. The minimum absolute atomic E-state index is 0.0270. The first-order valence-corrected chi connectivity index (χ1v) is 5.73. The molecule has 1 fully saturated rings. The first-order valence-electron chi connectivity index (χ1n) is 5.35. The van der Waals surface area contributed by atoms with Gasteiger partial charge in [-0.3, -0.25) is 4.79 Å². The number of nitrogens with one attached hydrogen (secondary N) is 1. The molecule has 0 aliphatic carbocycles. The normalized spacial score (nSPS) is 19.5. The number of hydrogen-bond acceptors (Lipinski definition) is 3. The van der Waals surface area contributed by atoms with Gasteiger partial charge in [0.05, 0.1) is 28.4 Å². The third-order valence-corrected chi connectivity index (χ3v) is 3.22. The fourth-order valence-electron chi connectivity index (χ4n) is 1.98. The SMILES string of the molecule is CNC1CCN(c2ccc(C#N)cc2Cl)C1=O. The highest BCUT2D eigenvalue weighted by Gasteiger charge is 2.32. The van der Waals surface area contributed by atoms with Crippen LogP contribution in [0.5, 0.6) is 0 Å². The van der Waals surface area contributed by atoms with E-state index in [0.717, 1.165) is 6.42 Å². The smallest absolute Gasteiger partial charge is 0.244 e. The van der Waals surface area contributed by atoms with Crippen molar-refractivity contribution in [3.05, 3.63) is 28.8 Å². The lowest BCUT2D eigenvalue weighted by atomic mass is 10.2. The molecule has 5 heteroatoms. The minimum atomic E-state index is -0.137. The average Bonchev–Trinajstić information content (AvgIpc) is 2.70. The zero-order valence-corrected chi connectivity index (χ0v) is 10.2. The van der Waals surface area contributed by atoms with Gasteiger partial charge in [-0.1, -0.05) is 11.6 Å². The molecule has 1 aromatic carbocycles. The standard InChI is InChI=1S/C12H12ClN3O/c1-15-10-4-5-16(12(10)17)11-3-2-8(7-14)6-9(11)13/h2-3,6,10,15H,4-5H2,1H3. The van der Waals surface area contributed by atoms with Gasteiger partial charge in [0.1, 0.15) is 0 Å². The number of nitrogens with zero attached hydrogens (tertiary/aromatic N) is 2. The number of halogens is 1. The molecular weight excluding hydrogens is 238 g/mol. The molecule has 0 bridgehead atoms. The fraction of sp³-hybridized carbons (Fsp3) is 0.333. The second-order valence-corrected chi connectivity index (χ2v) is 4.31. The number of carbonyl (C=O) groups excluding carboxylic acids is 1. The van der Waals surface area contributed by atoms with E-state index in [1.54, 1.807) is 30.1 Å². The van der Waals surface area contributed by atoms with Crippen LogP contribution in [0, 0.1) is 11.3 Å². The van der Waals surface area contributed by atoms with Gasteiger partial charge in [0.25, 0.3) is 0 Å². The molecule has 0 spiro atoms. The van der Waals surface area contributed by atoms with Gasteiger partial charge in [-0.05, 0) is 31.7 Å². The van der Waals surface area contributed by atoms with Gasteiger partial charge in [0.2, 0.25) is 5.91 Å². The Morgan fingerprint density at radius 1 is 1.59 bits per heavy atom. The zero-order valence-electron chi connectivity index (χ0n) is 9.40. The molecule has 1 heterocycles. The van der Waals surface area contributed by atoms with Crippen LogP contribution >= 0.6 is 11.6 Å². The number of likely N-dealkylation sites (N-methyl/N-ethyl adjacent to an activating group) is 1. The Labute approximate surface area is 105 Å². The van der Waals surface area contributed by atoms with Crippen molar-refractivity contribution in [2.45, 2.75) is 12.5 Å². The van der Waals surface area contributed by atoms with E-state index >= 15 is 0 Å². The topological polar surface area (TPSA) is 56.1 Å². The monoisotopic (exact) mass is 249 g/mol. The molecule has 17 heavy (non-hydrogen) atoms. The van der Waals surface area contributed by atoms with Crippen LogP contribution in [0.4, 0.5) is 5.69 Å². The maximum Gasteiger partial charge on any atom is 0.244 e. The number of nitriles is 1. The first kappa shape index (κ1) is 11.9. The number of rotatable bonds is 2. The Morgan fingerprint density at radius 2 is 2.35 bits per heavy atom. The molecule has 4 nitrogen and oxygen atoms in total. The summed E-state index contributed by atoms with van der Waals surface area (Å²) < 4.78 is 0. The van der Waals surface area contributed by atoms with Crippen LogP contribution in [0.15, 0.2) is 18.2 Å². The van der Waals surface area contributed by atoms with E-state index < -0.39 is 0 Å². The largest absolute Gasteiger partial charge is 0.310 e. The van der Waals surface area contributed by atoms with Crippen LogP contribution in [0.3, 0.4) is 0 Å². The van der Waals surface area contributed by atoms with Crippen molar-refractivity contribution in [1.29, 1.82) is 5.26 Å². The van der Waals surface area contributed by atoms with Gasteiger partial charge >= 0.3 is 0 Å². The van der Waals surface area contributed by atoms with Crippen LogP contribution in [-0.4, -0.2) is 25.5 Å². The summed E-state index contributed by atoms with van der Waals surface area (Å²) in [5.74, 6) is 0.0270. The highest BCUT2D eigenvalue weighted by atomic mass is 35.5. The summed E-state index contributed by atoms with van der Waals surface area (Å²) in [6.07, 6.45) is 0.770. The summed E-state index contributed by atoms with van der Waals surface area (Å²) in [4.78, 5) is 13.6. The third kappa shape index (κ3) is 2.12. The summed E-state index contributed by atoms with van der Waals surface area (Å²) in [7, 11) is 1.77. The fourth-order valence-corrected chi connectivity index (χ4v) is 2.26. The lowest BCUT2D eigenvalue weighted by molar-refractivity contribution is -0.118. The summed E-state index contributed by atoms with van der Waals surface area (Å²) in [6.45, 7) is 0.649. The van der Waals surface area contributed by atoms with Crippen molar-refractivity contribution in [2.75, 3.05) is 18.5 Å². The lowest BCUT2D eigenvalue weighted by Gasteiger charge is -2.18. The van der Waals surface area contributed by atoms with E-state index in [1.807, 2.05) is 6.07 Å². The molecule has 1 atom stereocenters. The van der Waals surface area contributed by atoms with Crippen molar-refractivity contribution >= 4 is 23.2 Å². The van der Waals surface area contributed by atoms with Crippen LogP contribution in [0.25, 0.3) is 0 Å². The molecule has 2 rings (SSSR count). The Balaban J connectivity index is 2.30. The van der Waals surface area contributed by atoms with Crippen LogP contribution in [-0.2, 0) is 4.79 Å². The Kier molecular flexibility index (Phi) is 3.32. The molecule has 0 aromatic heterocycles. The highest BCUT2D eigenvalue weighted by Crippen LogP contribution is 2.30. The first-order chi connectivity index (χ1) is 8.17. The molecule has 1 aliphatic rings. The van der Waals surface area contributed by atoms with Gasteiger partial charge in [0, 0.05) is 6.54 Å². The predicted molar refractivity (Wildman–Crippen MR) is 66.0 cm³/mol. The van der Waals surface area contributed by atoms with Gasteiger partial charge in [-0.15, -0.1) is 0 Å². The Morgan fingerprint density at radius 3 is 2.88 bits per heavy atom. The van der Waals surface area contributed by atoms with Gasteiger partial charge in [-0.2, -0.15) is 5.26 Å². The van der Waals surface area contributed by atoms with Crippen molar-refractivity contribution in [3.8, 4) is 6.07 Å². The zero-order chi connectivity index (χ0) is 12.4. The van der Waals surface area contributed by atoms with Crippen LogP contribution in [0.2, 0.25) is 5.02 Å². The van der Waals surface area contributed by atoms with Gasteiger partial charge in [0.15, 0.2) is 0 Å².